The van der Waals surface area contributed by atoms with E-state index in [0.29, 0.717) is 0 Å². The molecule has 232 valence electrons. The molecule has 0 aliphatic heterocycles. The lowest BCUT2D eigenvalue weighted by Crippen LogP contribution is -2.28. The zero-order valence-electron chi connectivity index (χ0n) is 26.9. The molecule has 0 amide bonds. The highest BCUT2D eigenvalue weighted by atomic mass is 16.5. The predicted molar refractivity (Wildman–Crippen MR) is 181 cm³/mol. The summed E-state index contributed by atoms with van der Waals surface area (Å²) in [5.41, 5.74) is 4.15. The fourth-order valence-corrected chi connectivity index (χ4v) is 5.94. The lowest BCUT2D eigenvalue weighted by molar-refractivity contribution is 0.281. The number of unbranched alkanes of at least 4 members (excludes halogenated alkanes) is 1. The zero-order chi connectivity index (χ0) is 30.6. The fraction of sp³-hybridized carbons (Fsp3) is 0.486. The van der Waals surface area contributed by atoms with Gasteiger partial charge in [0, 0.05) is 54.9 Å². The topological polar surface area (TPSA) is 74.8 Å². The molecule has 2 N–H and O–H groups in total. The van der Waals surface area contributed by atoms with E-state index < -0.39 is 0 Å². The molecule has 8 heteroatoms. The number of benzene rings is 2. The molecule has 2 unspecified atom stereocenters. The number of nitrogens with zero attached hydrogens (tertiary/aromatic N) is 4. The van der Waals surface area contributed by atoms with Crippen LogP contribution in [0, 0.1) is 11.8 Å². The largest absolute Gasteiger partial charge is 0.497 e. The first-order valence-corrected chi connectivity index (χ1v) is 15.5. The second-order valence-electron chi connectivity index (χ2n) is 12.0. The van der Waals surface area contributed by atoms with Gasteiger partial charge in [-0.3, -0.25) is 9.97 Å². The normalized spacial score (nSPS) is 16.4. The summed E-state index contributed by atoms with van der Waals surface area (Å²) in [4.78, 5) is 13.5. The van der Waals surface area contributed by atoms with E-state index in [9.17, 15) is 0 Å². The van der Waals surface area contributed by atoms with Crippen LogP contribution in [0.15, 0.2) is 60.9 Å². The third-order valence-corrected chi connectivity index (χ3v) is 8.15. The van der Waals surface area contributed by atoms with Crippen LogP contribution in [0.25, 0.3) is 21.8 Å². The minimum absolute atomic E-state index is 0.738. The lowest BCUT2D eigenvalue weighted by atomic mass is 9.95. The summed E-state index contributed by atoms with van der Waals surface area (Å²) in [6, 6.07) is 16.2. The molecule has 2 atom stereocenters. The maximum Gasteiger partial charge on any atom is 0.121 e. The molecule has 8 nitrogen and oxygen atoms in total. The lowest BCUT2D eigenvalue weighted by Gasteiger charge is -2.24. The second-order valence-corrected chi connectivity index (χ2v) is 12.0. The minimum atomic E-state index is 0.738. The van der Waals surface area contributed by atoms with Gasteiger partial charge >= 0.3 is 0 Å². The van der Waals surface area contributed by atoms with Crippen molar-refractivity contribution in [2.75, 3.05) is 79.2 Å². The van der Waals surface area contributed by atoms with E-state index in [-0.39, 0.29) is 0 Å². The molecule has 5 rings (SSSR count). The highest BCUT2D eigenvalue weighted by Gasteiger charge is 2.27. The molecule has 0 bridgehead atoms. The van der Waals surface area contributed by atoms with Crippen LogP contribution in [0.1, 0.15) is 32.1 Å². The van der Waals surface area contributed by atoms with Crippen molar-refractivity contribution in [1.82, 2.24) is 19.8 Å². The maximum atomic E-state index is 5.43. The van der Waals surface area contributed by atoms with Crippen LogP contribution in [-0.2, 0) is 0 Å². The van der Waals surface area contributed by atoms with Crippen LogP contribution in [0.4, 0.5) is 11.4 Å². The summed E-state index contributed by atoms with van der Waals surface area (Å²) < 4.78 is 10.8. The summed E-state index contributed by atoms with van der Waals surface area (Å²) in [6.07, 6.45) is 10.0. The Hall–Kier alpha value is -3.62. The molecule has 2 heterocycles. The van der Waals surface area contributed by atoms with Crippen molar-refractivity contribution in [1.29, 1.82) is 0 Å². The number of anilines is 2. The van der Waals surface area contributed by atoms with Gasteiger partial charge in [0.05, 0.1) is 36.6 Å². The van der Waals surface area contributed by atoms with Crippen molar-refractivity contribution < 1.29 is 9.47 Å². The molecule has 1 saturated carbocycles. The molecule has 4 aromatic rings. The van der Waals surface area contributed by atoms with Gasteiger partial charge in [-0.1, -0.05) is 18.6 Å². The molecule has 1 fully saturated rings. The van der Waals surface area contributed by atoms with Gasteiger partial charge in [-0.25, -0.2) is 0 Å². The smallest absolute Gasteiger partial charge is 0.121 e. The number of pyridine rings is 2. The standard InChI is InChI=1S/C19H27N3O.C16H23N3O/c1-22(2)13-16-7-4-6-15(16)12-21-18-11-17(23-3)10-14-8-5-9-20-19(14)18;1-19(2)10-5-4-8-17-15-12-14(20-3)11-13-7-6-9-18-16(13)15/h5,8-11,15-16,21H,4,6-7,12-13H2,1-3H3;6-7,9,11-12,17H,4-5,8,10H2,1-3H3. The molecule has 0 saturated heterocycles. The van der Waals surface area contributed by atoms with Crippen molar-refractivity contribution in [3.05, 3.63) is 60.9 Å². The first kappa shape index (κ1) is 32.3. The van der Waals surface area contributed by atoms with Crippen LogP contribution in [0.2, 0.25) is 0 Å². The van der Waals surface area contributed by atoms with Crippen molar-refractivity contribution in [3.63, 3.8) is 0 Å². The molecule has 1 aliphatic carbocycles. The van der Waals surface area contributed by atoms with Crippen LogP contribution in [0.3, 0.4) is 0 Å². The number of rotatable bonds is 13. The monoisotopic (exact) mass is 586 g/mol. The Bertz CT molecular complexity index is 1430. The maximum absolute atomic E-state index is 5.43. The molecule has 0 spiro atoms. The van der Waals surface area contributed by atoms with Gasteiger partial charge in [0.15, 0.2) is 0 Å². The Morgan fingerprint density at radius 3 is 1.88 bits per heavy atom. The van der Waals surface area contributed by atoms with Crippen molar-refractivity contribution in [2.45, 2.75) is 32.1 Å². The molecular formula is C35H50N6O2. The number of hydrogen-bond donors (Lipinski definition) is 2. The van der Waals surface area contributed by atoms with Gasteiger partial charge in [-0.05, 0) is 96.5 Å². The van der Waals surface area contributed by atoms with Crippen LogP contribution in [0.5, 0.6) is 11.5 Å². The van der Waals surface area contributed by atoms with E-state index in [1.807, 2.05) is 42.7 Å². The van der Waals surface area contributed by atoms with Crippen LogP contribution < -0.4 is 20.1 Å². The summed E-state index contributed by atoms with van der Waals surface area (Å²) in [5.74, 6) is 3.27. The summed E-state index contributed by atoms with van der Waals surface area (Å²) in [6.45, 7) is 4.27. The first-order chi connectivity index (χ1) is 20.9. The number of nitrogens with one attached hydrogen (secondary N) is 2. The Labute approximate surface area is 257 Å². The Kier molecular flexibility index (Phi) is 12.2. The minimum Gasteiger partial charge on any atom is -0.497 e. The fourth-order valence-electron chi connectivity index (χ4n) is 5.94. The van der Waals surface area contributed by atoms with Gasteiger partial charge in [0.25, 0.3) is 0 Å². The quantitative estimate of drug-likeness (QED) is 0.169. The Balaban J connectivity index is 0.000000199. The average molecular weight is 587 g/mol. The number of hydrogen-bond acceptors (Lipinski definition) is 8. The van der Waals surface area contributed by atoms with E-state index in [0.717, 1.165) is 82.6 Å². The molecule has 2 aromatic carbocycles. The highest BCUT2D eigenvalue weighted by molar-refractivity contribution is 5.92. The van der Waals surface area contributed by atoms with Crippen molar-refractivity contribution in [2.24, 2.45) is 11.8 Å². The molecule has 2 aromatic heterocycles. The second kappa shape index (κ2) is 16.3. The summed E-state index contributed by atoms with van der Waals surface area (Å²) >= 11 is 0. The number of methoxy groups -OCH3 is 2. The van der Waals surface area contributed by atoms with Gasteiger partial charge in [-0.15, -0.1) is 0 Å². The van der Waals surface area contributed by atoms with Gasteiger partial charge in [0.2, 0.25) is 0 Å². The predicted octanol–water partition coefficient (Wildman–Crippen LogP) is 6.63. The summed E-state index contributed by atoms with van der Waals surface area (Å²) in [5, 5.41) is 9.34. The average Bonchev–Trinajstić information content (AvgIpc) is 3.45. The number of aromatic nitrogens is 2. The molecular weight excluding hydrogens is 536 g/mol. The van der Waals surface area contributed by atoms with Gasteiger partial charge in [0.1, 0.15) is 11.5 Å². The van der Waals surface area contributed by atoms with E-state index in [1.165, 1.54) is 32.2 Å². The van der Waals surface area contributed by atoms with Crippen LogP contribution >= 0.6 is 0 Å². The third kappa shape index (κ3) is 9.43. The van der Waals surface area contributed by atoms with E-state index >= 15 is 0 Å². The Morgan fingerprint density at radius 2 is 1.33 bits per heavy atom. The molecule has 0 radical (unpaired) electrons. The van der Waals surface area contributed by atoms with Crippen molar-refractivity contribution in [3.8, 4) is 11.5 Å². The summed E-state index contributed by atoms with van der Waals surface area (Å²) in [7, 11) is 12.0. The Morgan fingerprint density at radius 1 is 0.744 bits per heavy atom. The molecule has 43 heavy (non-hydrogen) atoms. The highest BCUT2D eigenvalue weighted by Crippen LogP contribution is 2.34. The van der Waals surface area contributed by atoms with Gasteiger partial charge in [-0.2, -0.15) is 0 Å². The van der Waals surface area contributed by atoms with E-state index in [4.69, 9.17) is 9.47 Å². The van der Waals surface area contributed by atoms with Crippen LogP contribution in [-0.4, -0.2) is 88.4 Å². The van der Waals surface area contributed by atoms with E-state index in [2.05, 4.69) is 76.8 Å². The van der Waals surface area contributed by atoms with Gasteiger partial charge < -0.3 is 29.9 Å². The zero-order valence-corrected chi connectivity index (χ0v) is 26.9. The first-order valence-electron chi connectivity index (χ1n) is 15.5. The third-order valence-electron chi connectivity index (χ3n) is 8.15. The molecule has 1 aliphatic rings. The number of fused-ring (bicyclic) bond motifs is 2. The number of ether oxygens (including phenoxy) is 2. The SMILES string of the molecule is COc1cc(NCC2CCCC2CN(C)C)c2ncccc2c1.COc1cc(NCCCCN(C)C)c2ncccc2c1. The van der Waals surface area contributed by atoms with Crippen molar-refractivity contribution >= 4 is 33.2 Å². The van der Waals surface area contributed by atoms with E-state index in [1.54, 1.807) is 14.2 Å².